The fraction of sp³-hybridized carbons (Fsp3) is 1.00. The minimum atomic E-state index is -3.02. The quantitative estimate of drug-likeness (QED) is 0.783. The molecule has 90 valence electrons. The van der Waals surface area contributed by atoms with Gasteiger partial charge in [0.1, 0.15) is 0 Å². The van der Waals surface area contributed by atoms with Gasteiger partial charge in [0.2, 0.25) is 10.0 Å². The Labute approximate surface area is 93.1 Å². The molecule has 2 unspecified atom stereocenters. The zero-order chi connectivity index (χ0) is 11.5. The molecule has 0 aromatic rings. The van der Waals surface area contributed by atoms with Gasteiger partial charge in [0, 0.05) is 25.2 Å². The first-order valence-electron chi connectivity index (χ1n) is 5.69. The predicted molar refractivity (Wildman–Crippen MR) is 62.3 cm³/mol. The molecule has 0 aliphatic carbocycles. The number of unbranched alkanes of at least 4 members (excludes halogenated alkanes) is 1. The number of rotatable bonds is 4. The lowest BCUT2D eigenvalue weighted by atomic mass is 10.2. The van der Waals surface area contributed by atoms with Crippen molar-refractivity contribution in [2.75, 3.05) is 18.8 Å². The van der Waals surface area contributed by atoms with Crippen LogP contribution in [-0.2, 0) is 10.0 Å². The molecule has 1 fully saturated rings. The zero-order valence-corrected chi connectivity index (χ0v) is 10.7. The molecule has 1 heterocycles. The summed E-state index contributed by atoms with van der Waals surface area (Å²) in [5.74, 6) is 0.295. The Morgan fingerprint density at radius 3 is 2.27 bits per heavy atom. The average Bonchev–Trinajstić information content (AvgIpc) is 2.13. The van der Waals surface area contributed by atoms with Gasteiger partial charge < -0.3 is 5.32 Å². The molecular formula is C10H22N2O2S. The number of hydrogen-bond acceptors (Lipinski definition) is 3. The van der Waals surface area contributed by atoms with E-state index in [4.69, 9.17) is 0 Å². The fourth-order valence-corrected chi connectivity index (χ4v) is 3.77. The third-order valence-electron chi connectivity index (χ3n) is 2.67. The molecule has 15 heavy (non-hydrogen) atoms. The van der Waals surface area contributed by atoms with E-state index in [1.165, 1.54) is 0 Å². The van der Waals surface area contributed by atoms with E-state index >= 15 is 0 Å². The Balaban J connectivity index is 2.61. The fourth-order valence-electron chi connectivity index (χ4n) is 1.96. The summed E-state index contributed by atoms with van der Waals surface area (Å²) in [5, 5.41) is 3.33. The highest BCUT2D eigenvalue weighted by Crippen LogP contribution is 2.11. The van der Waals surface area contributed by atoms with Crippen LogP contribution in [0.15, 0.2) is 0 Å². The van der Waals surface area contributed by atoms with E-state index in [0.717, 1.165) is 12.8 Å². The number of nitrogens with zero attached hydrogens (tertiary/aromatic N) is 1. The third kappa shape index (κ3) is 3.74. The van der Waals surface area contributed by atoms with E-state index in [1.54, 1.807) is 4.31 Å². The highest BCUT2D eigenvalue weighted by molar-refractivity contribution is 7.89. The largest absolute Gasteiger partial charge is 0.309 e. The minimum Gasteiger partial charge on any atom is -0.309 e. The third-order valence-corrected chi connectivity index (χ3v) is 4.56. The second-order valence-corrected chi connectivity index (χ2v) is 6.54. The second kappa shape index (κ2) is 5.27. The number of hydrogen-bond donors (Lipinski definition) is 1. The lowest BCUT2D eigenvalue weighted by Crippen LogP contribution is -2.56. The Hall–Kier alpha value is -0.130. The van der Waals surface area contributed by atoms with Crippen LogP contribution in [0.2, 0.25) is 0 Å². The number of nitrogens with one attached hydrogen (secondary N) is 1. The van der Waals surface area contributed by atoms with Gasteiger partial charge in [-0.2, -0.15) is 4.31 Å². The van der Waals surface area contributed by atoms with Crippen LogP contribution in [0.4, 0.5) is 0 Å². The van der Waals surface area contributed by atoms with Gasteiger partial charge in [-0.1, -0.05) is 13.3 Å². The van der Waals surface area contributed by atoms with Crippen LogP contribution in [0.25, 0.3) is 0 Å². The summed E-state index contributed by atoms with van der Waals surface area (Å²) >= 11 is 0. The van der Waals surface area contributed by atoms with Gasteiger partial charge in [-0.3, -0.25) is 0 Å². The summed E-state index contributed by atoms with van der Waals surface area (Å²) in [4.78, 5) is 0. The highest BCUT2D eigenvalue weighted by atomic mass is 32.2. The van der Waals surface area contributed by atoms with Crippen molar-refractivity contribution in [3.05, 3.63) is 0 Å². The van der Waals surface area contributed by atoms with E-state index in [9.17, 15) is 8.42 Å². The Morgan fingerprint density at radius 2 is 1.80 bits per heavy atom. The molecule has 0 aromatic heterocycles. The first kappa shape index (κ1) is 12.9. The van der Waals surface area contributed by atoms with Crippen molar-refractivity contribution in [1.29, 1.82) is 0 Å². The van der Waals surface area contributed by atoms with Crippen molar-refractivity contribution in [2.45, 2.75) is 45.7 Å². The van der Waals surface area contributed by atoms with E-state index in [2.05, 4.69) is 5.32 Å². The normalized spacial score (nSPS) is 29.3. The highest BCUT2D eigenvalue weighted by Gasteiger charge is 2.29. The monoisotopic (exact) mass is 234 g/mol. The first-order valence-corrected chi connectivity index (χ1v) is 7.30. The molecule has 0 bridgehead atoms. The molecule has 1 saturated heterocycles. The zero-order valence-electron chi connectivity index (χ0n) is 9.86. The van der Waals surface area contributed by atoms with E-state index in [-0.39, 0.29) is 12.1 Å². The van der Waals surface area contributed by atoms with Crippen molar-refractivity contribution in [1.82, 2.24) is 9.62 Å². The summed E-state index contributed by atoms with van der Waals surface area (Å²) in [6.07, 6.45) is 1.69. The smallest absolute Gasteiger partial charge is 0.214 e. The van der Waals surface area contributed by atoms with Crippen LogP contribution in [0.3, 0.4) is 0 Å². The van der Waals surface area contributed by atoms with Crippen molar-refractivity contribution in [3.8, 4) is 0 Å². The second-order valence-electron chi connectivity index (χ2n) is 4.46. The Morgan fingerprint density at radius 1 is 1.27 bits per heavy atom. The molecule has 1 rings (SSSR count). The Kier molecular flexibility index (Phi) is 4.55. The molecule has 1 aliphatic heterocycles. The molecule has 0 amide bonds. The van der Waals surface area contributed by atoms with E-state index in [0.29, 0.717) is 18.8 Å². The molecule has 4 nitrogen and oxygen atoms in total. The molecule has 0 radical (unpaired) electrons. The minimum absolute atomic E-state index is 0.255. The first-order chi connectivity index (χ1) is 6.95. The van der Waals surface area contributed by atoms with Gasteiger partial charge in [0.15, 0.2) is 0 Å². The van der Waals surface area contributed by atoms with Crippen molar-refractivity contribution >= 4 is 10.0 Å². The van der Waals surface area contributed by atoms with Gasteiger partial charge in [0.05, 0.1) is 5.75 Å². The van der Waals surface area contributed by atoms with Crippen molar-refractivity contribution in [3.63, 3.8) is 0 Å². The standard InChI is InChI=1S/C10H22N2O2S/c1-4-5-6-15(13,14)12-7-9(2)11-10(3)8-12/h9-11H,4-8H2,1-3H3. The van der Waals surface area contributed by atoms with E-state index in [1.807, 2.05) is 20.8 Å². The van der Waals surface area contributed by atoms with Crippen LogP contribution >= 0.6 is 0 Å². The van der Waals surface area contributed by atoms with Crippen molar-refractivity contribution in [2.24, 2.45) is 0 Å². The molecular weight excluding hydrogens is 212 g/mol. The van der Waals surface area contributed by atoms with Gasteiger partial charge in [-0.15, -0.1) is 0 Å². The molecule has 5 heteroatoms. The summed E-state index contributed by atoms with van der Waals surface area (Å²) < 4.78 is 25.5. The maximum atomic E-state index is 11.9. The van der Waals surface area contributed by atoms with Gasteiger partial charge >= 0.3 is 0 Å². The summed E-state index contributed by atoms with van der Waals surface area (Å²) in [6.45, 7) is 7.28. The molecule has 0 aromatic carbocycles. The van der Waals surface area contributed by atoms with Crippen LogP contribution in [0.5, 0.6) is 0 Å². The summed E-state index contributed by atoms with van der Waals surface area (Å²) in [6, 6.07) is 0.510. The molecule has 1 aliphatic rings. The SMILES string of the molecule is CCCCS(=O)(=O)N1CC(C)NC(C)C1. The van der Waals surface area contributed by atoms with Gasteiger partial charge in [0.25, 0.3) is 0 Å². The van der Waals surface area contributed by atoms with Crippen molar-refractivity contribution < 1.29 is 8.42 Å². The van der Waals surface area contributed by atoms with Crippen LogP contribution in [0, 0.1) is 0 Å². The predicted octanol–water partition coefficient (Wildman–Crippen LogP) is 0.798. The molecule has 2 atom stereocenters. The van der Waals surface area contributed by atoms with Gasteiger partial charge in [-0.05, 0) is 20.3 Å². The van der Waals surface area contributed by atoms with Crippen LogP contribution < -0.4 is 5.32 Å². The molecule has 0 saturated carbocycles. The van der Waals surface area contributed by atoms with Crippen LogP contribution in [-0.4, -0.2) is 43.6 Å². The summed E-state index contributed by atoms with van der Waals surface area (Å²) in [7, 11) is -3.02. The average molecular weight is 234 g/mol. The molecule has 1 N–H and O–H groups in total. The number of piperazine rings is 1. The van der Waals surface area contributed by atoms with E-state index < -0.39 is 10.0 Å². The summed E-state index contributed by atoms with van der Waals surface area (Å²) in [5.41, 5.74) is 0. The lowest BCUT2D eigenvalue weighted by Gasteiger charge is -2.35. The molecule has 0 spiro atoms. The maximum absolute atomic E-state index is 11.9. The maximum Gasteiger partial charge on any atom is 0.214 e. The number of sulfonamides is 1. The lowest BCUT2D eigenvalue weighted by molar-refractivity contribution is 0.263. The van der Waals surface area contributed by atoms with Gasteiger partial charge in [-0.25, -0.2) is 8.42 Å². The van der Waals surface area contributed by atoms with Crippen LogP contribution in [0.1, 0.15) is 33.6 Å². The Bertz CT molecular complexity index is 280. The topological polar surface area (TPSA) is 49.4 Å².